The van der Waals surface area contributed by atoms with Crippen LogP contribution in [0.4, 0.5) is 0 Å². The number of nitrogens with zero attached hydrogens (tertiary/aromatic N) is 1. The van der Waals surface area contributed by atoms with Crippen molar-refractivity contribution < 1.29 is 4.74 Å². The number of ether oxygens (including phenoxy) is 1. The summed E-state index contributed by atoms with van der Waals surface area (Å²) >= 11 is 0. The zero-order chi connectivity index (χ0) is 9.26. The minimum atomic E-state index is 0.860. The third kappa shape index (κ3) is 1.87. The number of methoxy groups -OCH3 is 1. The molecule has 3 nitrogen and oxygen atoms in total. The Kier molecular flexibility index (Phi) is 2.86. The van der Waals surface area contributed by atoms with Gasteiger partial charge in [0.05, 0.1) is 0 Å². The van der Waals surface area contributed by atoms with Gasteiger partial charge in [-0.2, -0.15) is 0 Å². The molecular weight excluding hydrogens is 164 g/mol. The highest BCUT2D eigenvalue weighted by Crippen LogP contribution is 2.50. The van der Waals surface area contributed by atoms with E-state index in [0.717, 1.165) is 30.9 Å². The lowest BCUT2D eigenvalue weighted by Gasteiger charge is -2.18. The SMILES string of the molecule is COCCCN1CC2C(CN)C2C1. The molecule has 2 aliphatic rings. The van der Waals surface area contributed by atoms with Crippen LogP contribution in [0.15, 0.2) is 0 Å². The number of fused-ring (bicyclic) bond motifs is 1. The molecule has 2 N–H and O–H groups in total. The van der Waals surface area contributed by atoms with E-state index in [-0.39, 0.29) is 0 Å². The second kappa shape index (κ2) is 3.95. The maximum Gasteiger partial charge on any atom is 0.0474 e. The number of hydrogen-bond donors (Lipinski definition) is 1. The first-order chi connectivity index (χ1) is 6.36. The van der Waals surface area contributed by atoms with Gasteiger partial charge in [-0.1, -0.05) is 0 Å². The summed E-state index contributed by atoms with van der Waals surface area (Å²) in [7, 11) is 1.77. The highest BCUT2D eigenvalue weighted by atomic mass is 16.5. The van der Waals surface area contributed by atoms with Crippen LogP contribution < -0.4 is 5.73 Å². The maximum atomic E-state index is 5.65. The van der Waals surface area contributed by atoms with Crippen LogP contribution >= 0.6 is 0 Å². The van der Waals surface area contributed by atoms with Crippen LogP contribution in [0.1, 0.15) is 6.42 Å². The van der Waals surface area contributed by atoms with Gasteiger partial charge in [0.25, 0.3) is 0 Å². The summed E-state index contributed by atoms with van der Waals surface area (Å²) < 4.78 is 5.04. The van der Waals surface area contributed by atoms with Crippen LogP contribution in [0.2, 0.25) is 0 Å². The topological polar surface area (TPSA) is 38.5 Å². The van der Waals surface area contributed by atoms with Crippen molar-refractivity contribution in [1.29, 1.82) is 0 Å². The minimum Gasteiger partial charge on any atom is -0.385 e. The lowest BCUT2D eigenvalue weighted by Crippen LogP contribution is -2.27. The first-order valence-corrected chi connectivity index (χ1v) is 5.28. The summed E-state index contributed by atoms with van der Waals surface area (Å²) in [5, 5.41) is 0. The van der Waals surface area contributed by atoms with E-state index >= 15 is 0 Å². The average molecular weight is 184 g/mol. The van der Waals surface area contributed by atoms with Gasteiger partial charge in [-0.3, -0.25) is 0 Å². The predicted molar refractivity (Wildman–Crippen MR) is 52.5 cm³/mol. The van der Waals surface area contributed by atoms with Crippen molar-refractivity contribution in [3.63, 3.8) is 0 Å². The second-order valence-electron chi connectivity index (χ2n) is 4.33. The van der Waals surface area contributed by atoms with Gasteiger partial charge in [0.1, 0.15) is 0 Å². The van der Waals surface area contributed by atoms with Crippen LogP contribution in [0.25, 0.3) is 0 Å². The van der Waals surface area contributed by atoms with Gasteiger partial charge in [-0.25, -0.2) is 0 Å². The molecular formula is C10H20N2O. The van der Waals surface area contributed by atoms with Gasteiger partial charge in [-0.05, 0) is 30.7 Å². The van der Waals surface area contributed by atoms with E-state index in [1.54, 1.807) is 7.11 Å². The standard InChI is InChI=1S/C10H20N2O/c1-13-4-2-3-12-6-9-8(5-11)10(9)7-12/h8-10H,2-7,11H2,1H3. The quantitative estimate of drug-likeness (QED) is 0.619. The normalized spacial score (nSPS) is 37.8. The van der Waals surface area contributed by atoms with E-state index in [2.05, 4.69) is 4.90 Å². The van der Waals surface area contributed by atoms with Gasteiger partial charge >= 0.3 is 0 Å². The highest BCUT2D eigenvalue weighted by Gasteiger charge is 2.54. The predicted octanol–water partition coefficient (Wildman–Crippen LogP) is 0.159. The Balaban J connectivity index is 1.61. The first kappa shape index (κ1) is 9.44. The number of nitrogens with two attached hydrogens (primary N) is 1. The van der Waals surface area contributed by atoms with E-state index < -0.39 is 0 Å². The summed E-state index contributed by atoms with van der Waals surface area (Å²) in [6, 6.07) is 0. The van der Waals surface area contributed by atoms with Gasteiger partial charge < -0.3 is 15.4 Å². The third-order valence-electron chi connectivity index (χ3n) is 3.54. The Labute approximate surface area is 80.2 Å². The zero-order valence-electron chi connectivity index (χ0n) is 8.41. The molecule has 0 amide bonds. The number of likely N-dealkylation sites (tertiary alicyclic amines) is 1. The molecule has 2 atom stereocenters. The summed E-state index contributed by atoms with van der Waals surface area (Å²) in [5.41, 5.74) is 5.65. The van der Waals surface area contributed by atoms with Crippen LogP contribution in [0.5, 0.6) is 0 Å². The van der Waals surface area contributed by atoms with E-state index in [9.17, 15) is 0 Å². The molecule has 2 rings (SSSR count). The van der Waals surface area contributed by atoms with Crippen molar-refractivity contribution >= 4 is 0 Å². The molecule has 0 aromatic carbocycles. The largest absolute Gasteiger partial charge is 0.385 e. The van der Waals surface area contributed by atoms with Crippen molar-refractivity contribution in [2.24, 2.45) is 23.5 Å². The molecule has 76 valence electrons. The van der Waals surface area contributed by atoms with Crippen LogP contribution in [0.3, 0.4) is 0 Å². The molecule has 0 aromatic rings. The average Bonchev–Trinajstić information content (AvgIpc) is 2.61. The van der Waals surface area contributed by atoms with E-state index in [1.807, 2.05) is 0 Å². The third-order valence-corrected chi connectivity index (χ3v) is 3.54. The molecule has 0 radical (unpaired) electrons. The Morgan fingerprint density at radius 1 is 1.38 bits per heavy atom. The van der Waals surface area contributed by atoms with Gasteiger partial charge in [0, 0.05) is 33.4 Å². The van der Waals surface area contributed by atoms with Crippen molar-refractivity contribution in [3.8, 4) is 0 Å². The number of hydrogen-bond acceptors (Lipinski definition) is 3. The Morgan fingerprint density at radius 3 is 2.62 bits per heavy atom. The van der Waals surface area contributed by atoms with Gasteiger partial charge in [0.15, 0.2) is 0 Å². The van der Waals surface area contributed by atoms with Crippen molar-refractivity contribution in [2.45, 2.75) is 6.42 Å². The molecule has 1 saturated carbocycles. The van der Waals surface area contributed by atoms with E-state index in [1.165, 1.54) is 26.1 Å². The first-order valence-electron chi connectivity index (χ1n) is 5.28. The Hall–Kier alpha value is -0.120. The van der Waals surface area contributed by atoms with E-state index in [4.69, 9.17) is 10.5 Å². The van der Waals surface area contributed by atoms with Crippen molar-refractivity contribution in [2.75, 3.05) is 39.9 Å². The maximum absolute atomic E-state index is 5.65. The van der Waals surface area contributed by atoms with Crippen LogP contribution in [-0.4, -0.2) is 44.8 Å². The molecule has 0 aromatic heterocycles. The molecule has 13 heavy (non-hydrogen) atoms. The minimum absolute atomic E-state index is 0.860. The van der Waals surface area contributed by atoms with Crippen LogP contribution in [-0.2, 0) is 4.74 Å². The van der Waals surface area contributed by atoms with E-state index in [0.29, 0.717) is 0 Å². The summed E-state index contributed by atoms with van der Waals surface area (Å²) in [4.78, 5) is 2.56. The fourth-order valence-electron chi connectivity index (χ4n) is 2.70. The number of piperidine rings is 1. The summed E-state index contributed by atoms with van der Waals surface area (Å²) in [6.45, 7) is 5.58. The van der Waals surface area contributed by atoms with Gasteiger partial charge in [-0.15, -0.1) is 0 Å². The monoisotopic (exact) mass is 184 g/mol. The molecule has 2 fully saturated rings. The molecule has 0 bridgehead atoms. The molecule has 2 unspecified atom stereocenters. The highest BCUT2D eigenvalue weighted by molar-refractivity contribution is 5.05. The molecule has 1 aliphatic carbocycles. The van der Waals surface area contributed by atoms with Crippen molar-refractivity contribution in [3.05, 3.63) is 0 Å². The lowest BCUT2D eigenvalue weighted by atomic mass is 10.2. The molecule has 3 heteroatoms. The molecule has 1 saturated heterocycles. The fraction of sp³-hybridized carbons (Fsp3) is 1.00. The summed E-state index contributed by atoms with van der Waals surface area (Å²) in [6.07, 6.45) is 1.17. The smallest absolute Gasteiger partial charge is 0.0474 e. The summed E-state index contributed by atoms with van der Waals surface area (Å²) in [5.74, 6) is 2.73. The second-order valence-corrected chi connectivity index (χ2v) is 4.33. The Morgan fingerprint density at radius 2 is 2.08 bits per heavy atom. The number of rotatable bonds is 5. The molecule has 1 heterocycles. The van der Waals surface area contributed by atoms with Crippen molar-refractivity contribution in [1.82, 2.24) is 4.90 Å². The Bertz CT molecular complexity index is 162. The molecule has 0 spiro atoms. The zero-order valence-corrected chi connectivity index (χ0v) is 8.41. The lowest BCUT2D eigenvalue weighted by molar-refractivity contribution is 0.174. The van der Waals surface area contributed by atoms with Gasteiger partial charge in [0.2, 0.25) is 0 Å². The fourth-order valence-corrected chi connectivity index (χ4v) is 2.70. The molecule has 1 aliphatic heterocycles. The van der Waals surface area contributed by atoms with Crippen LogP contribution in [0, 0.1) is 17.8 Å².